The van der Waals surface area contributed by atoms with Gasteiger partial charge in [0.1, 0.15) is 0 Å². The first-order valence-electron chi connectivity index (χ1n) is 12.1. The number of amides is 1. The Hall–Kier alpha value is -3.03. The van der Waals surface area contributed by atoms with Crippen molar-refractivity contribution < 1.29 is 9.53 Å². The Labute approximate surface area is 200 Å². The first-order chi connectivity index (χ1) is 16.4. The van der Waals surface area contributed by atoms with Gasteiger partial charge in [0, 0.05) is 48.4 Å². The summed E-state index contributed by atoms with van der Waals surface area (Å²) in [5.74, 6) is 0.381. The highest BCUT2D eigenvalue weighted by Gasteiger charge is 2.45. The molecule has 2 unspecified atom stereocenters. The zero-order valence-corrected chi connectivity index (χ0v) is 20.3. The molecule has 3 aromatic rings. The minimum atomic E-state index is -0.421. The highest BCUT2D eigenvalue weighted by atomic mass is 16.5. The molecule has 2 fully saturated rings. The van der Waals surface area contributed by atoms with Gasteiger partial charge >= 0.3 is 0 Å². The number of ether oxygens (including phenoxy) is 1. The standard InChI is InChI=1S/C27H33N5O2/c1-4-22-15-27(3,31-9-11-34-12-10-31)17-32(22)26-29-16-21-13-19(7-8-24(21)30-26)23-14-20(25(28)33)6-5-18(23)2/h5-8,13-14,16,22H,4,9-12,15,17H2,1-3H3,(H2,28,33). The lowest BCUT2D eigenvalue weighted by atomic mass is 9.95. The Morgan fingerprint density at radius 1 is 1.21 bits per heavy atom. The minimum Gasteiger partial charge on any atom is -0.379 e. The third-order valence-corrected chi connectivity index (χ3v) is 7.53. The Morgan fingerprint density at radius 2 is 2.00 bits per heavy atom. The first kappa shape index (κ1) is 22.7. The maximum absolute atomic E-state index is 11.7. The largest absolute Gasteiger partial charge is 0.379 e. The molecule has 0 saturated carbocycles. The maximum atomic E-state index is 11.7. The highest BCUT2D eigenvalue weighted by Crippen LogP contribution is 2.36. The molecule has 0 bridgehead atoms. The van der Waals surface area contributed by atoms with Crippen molar-refractivity contribution in [1.82, 2.24) is 14.9 Å². The van der Waals surface area contributed by atoms with Gasteiger partial charge < -0.3 is 15.4 Å². The summed E-state index contributed by atoms with van der Waals surface area (Å²) >= 11 is 0. The number of primary amides is 1. The Kier molecular flexibility index (Phi) is 6.00. The van der Waals surface area contributed by atoms with E-state index in [1.807, 2.05) is 31.3 Å². The summed E-state index contributed by atoms with van der Waals surface area (Å²) in [6.07, 6.45) is 4.10. The number of nitrogens with two attached hydrogens (primary N) is 1. The van der Waals surface area contributed by atoms with Crippen molar-refractivity contribution in [3.05, 3.63) is 53.7 Å². The van der Waals surface area contributed by atoms with E-state index in [2.05, 4.69) is 35.8 Å². The molecule has 2 atom stereocenters. The summed E-state index contributed by atoms with van der Waals surface area (Å²) < 4.78 is 5.58. The van der Waals surface area contributed by atoms with Crippen LogP contribution in [0.1, 0.15) is 42.6 Å². The van der Waals surface area contributed by atoms with Crippen LogP contribution in [0.5, 0.6) is 0 Å². The number of morpholine rings is 1. The molecule has 34 heavy (non-hydrogen) atoms. The quantitative estimate of drug-likeness (QED) is 0.625. The van der Waals surface area contributed by atoms with Crippen LogP contribution in [0, 0.1) is 6.92 Å². The molecule has 0 spiro atoms. The van der Waals surface area contributed by atoms with Gasteiger partial charge in [-0.15, -0.1) is 0 Å². The average Bonchev–Trinajstić information content (AvgIpc) is 3.22. The normalized spacial score (nSPS) is 23.5. The van der Waals surface area contributed by atoms with Gasteiger partial charge in [-0.3, -0.25) is 9.69 Å². The van der Waals surface area contributed by atoms with E-state index >= 15 is 0 Å². The molecule has 2 aliphatic rings. The van der Waals surface area contributed by atoms with Crippen LogP contribution in [-0.4, -0.2) is 65.2 Å². The predicted molar refractivity (Wildman–Crippen MR) is 135 cm³/mol. The molecule has 2 N–H and O–H groups in total. The van der Waals surface area contributed by atoms with Crippen LogP contribution in [0.2, 0.25) is 0 Å². The number of aromatic nitrogens is 2. The summed E-state index contributed by atoms with van der Waals surface area (Å²) in [5, 5.41) is 0.980. The highest BCUT2D eigenvalue weighted by molar-refractivity contribution is 5.95. The van der Waals surface area contributed by atoms with E-state index in [4.69, 9.17) is 20.4 Å². The Balaban J connectivity index is 1.45. The van der Waals surface area contributed by atoms with Crippen LogP contribution in [0.3, 0.4) is 0 Å². The van der Waals surface area contributed by atoms with E-state index in [1.54, 1.807) is 6.07 Å². The number of hydrogen-bond donors (Lipinski definition) is 1. The molecular formula is C27H33N5O2. The van der Waals surface area contributed by atoms with E-state index < -0.39 is 5.91 Å². The molecular weight excluding hydrogens is 426 g/mol. The summed E-state index contributed by atoms with van der Waals surface area (Å²) in [6, 6.07) is 12.2. The van der Waals surface area contributed by atoms with Gasteiger partial charge in [0.15, 0.2) is 0 Å². The fourth-order valence-electron chi connectivity index (χ4n) is 5.53. The average molecular weight is 460 g/mol. The van der Waals surface area contributed by atoms with E-state index in [9.17, 15) is 4.79 Å². The third kappa shape index (κ3) is 4.14. The number of carbonyl (C=O) groups is 1. The van der Waals surface area contributed by atoms with Crippen molar-refractivity contribution in [3.8, 4) is 11.1 Å². The molecule has 7 heteroatoms. The van der Waals surface area contributed by atoms with Crippen LogP contribution in [-0.2, 0) is 4.74 Å². The van der Waals surface area contributed by atoms with Crippen LogP contribution in [0.15, 0.2) is 42.6 Å². The fraction of sp³-hybridized carbons (Fsp3) is 0.444. The smallest absolute Gasteiger partial charge is 0.248 e. The lowest BCUT2D eigenvalue weighted by molar-refractivity contribution is -0.00987. The molecule has 7 nitrogen and oxygen atoms in total. The molecule has 2 saturated heterocycles. The van der Waals surface area contributed by atoms with Gasteiger partial charge in [-0.1, -0.05) is 19.1 Å². The molecule has 1 amide bonds. The van der Waals surface area contributed by atoms with Crippen molar-refractivity contribution in [1.29, 1.82) is 0 Å². The van der Waals surface area contributed by atoms with E-state index in [-0.39, 0.29) is 5.54 Å². The maximum Gasteiger partial charge on any atom is 0.248 e. The summed E-state index contributed by atoms with van der Waals surface area (Å²) in [6.45, 7) is 11.2. The van der Waals surface area contributed by atoms with E-state index in [0.29, 0.717) is 11.6 Å². The lowest BCUT2D eigenvalue weighted by Crippen LogP contribution is -2.53. The second-order valence-corrected chi connectivity index (χ2v) is 9.83. The molecule has 2 aromatic carbocycles. The van der Waals surface area contributed by atoms with E-state index in [1.165, 1.54) is 0 Å². The van der Waals surface area contributed by atoms with Crippen LogP contribution in [0.4, 0.5) is 5.95 Å². The molecule has 1 aromatic heterocycles. The second-order valence-electron chi connectivity index (χ2n) is 9.83. The zero-order valence-electron chi connectivity index (χ0n) is 20.3. The molecule has 2 aliphatic heterocycles. The number of benzene rings is 2. The van der Waals surface area contributed by atoms with Gasteiger partial charge in [-0.25, -0.2) is 9.97 Å². The van der Waals surface area contributed by atoms with Gasteiger partial charge in [-0.05, 0) is 67.6 Å². The van der Waals surface area contributed by atoms with E-state index in [0.717, 1.165) is 79.2 Å². The zero-order chi connectivity index (χ0) is 23.9. The number of carbonyl (C=O) groups excluding carboxylic acids is 1. The number of nitrogens with zero attached hydrogens (tertiary/aromatic N) is 4. The lowest BCUT2D eigenvalue weighted by Gasteiger charge is -2.40. The number of fused-ring (bicyclic) bond motifs is 1. The van der Waals surface area contributed by atoms with Crippen molar-refractivity contribution in [2.45, 2.75) is 45.2 Å². The first-order valence-corrected chi connectivity index (χ1v) is 12.1. The molecule has 5 rings (SSSR count). The Bertz CT molecular complexity index is 1220. The topological polar surface area (TPSA) is 84.6 Å². The second kappa shape index (κ2) is 8.96. The number of aryl methyl sites for hydroxylation is 1. The number of anilines is 1. The predicted octanol–water partition coefficient (Wildman–Crippen LogP) is 3.78. The minimum absolute atomic E-state index is 0.107. The number of rotatable bonds is 5. The third-order valence-electron chi connectivity index (χ3n) is 7.53. The molecule has 3 heterocycles. The van der Waals surface area contributed by atoms with Crippen LogP contribution in [0.25, 0.3) is 22.0 Å². The van der Waals surface area contributed by atoms with Gasteiger partial charge in [0.25, 0.3) is 0 Å². The number of hydrogen-bond acceptors (Lipinski definition) is 6. The molecule has 178 valence electrons. The summed E-state index contributed by atoms with van der Waals surface area (Å²) in [4.78, 5) is 26.4. The SMILES string of the molecule is CCC1CC(C)(N2CCOCC2)CN1c1ncc2cc(-c3cc(C(N)=O)ccc3C)ccc2n1. The summed E-state index contributed by atoms with van der Waals surface area (Å²) in [7, 11) is 0. The van der Waals surface area contributed by atoms with Crippen LogP contribution >= 0.6 is 0 Å². The molecule has 0 aliphatic carbocycles. The van der Waals surface area contributed by atoms with Crippen molar-refractivity contribution >= 4 is 22.8 Å². The molecule has 0 radical (unpaired) electrons. The van der Waals surface area contributed by atoms with Crippen molar-refractivity contribution in [3.63, 3.8) is 0 Å². The van der Waals surface area contributed by atoms with Crippen LogP contribution < -0.4 is 10.6 Å². The van der Waals surface area contributed by atoms with Crippen molar-refractivity contribution in [2.24, 2.45) is 5.73 Å². The fourth-order valence-corrected chi connectivity index (χ4v) is 5.53. The monoisotopic (exact) mass is 459 g/mol. The van der Waals surface area contributed by atoms with Gasteiger partial charge in [0.2, 0.25) is 11.9 Å². The van der Waals surface area contributed by atoms with Gasteiger partial charge in [0.05, 0.1) is 18.7 Å². The van der Waals surface area contributed by atoms with Gasteiger partial charge in [-0.2, -0.15) is 0 Å². The Morgan fingerprint density at radius 3 is 2.74 bits per heavy atom. The summed E-state index contributed by atoms with van der Waals surface area (Å²) in [5.41, 5.74) is 10.1. The van der Waals surface area contributed by atoms with Crippen molar-refractivity contribution in [2.75, 3.05) is 37.7 Å².